The van der Waals surface area contributed by atoms with Gasteiger partial charge in [0.15, 0.2) is 11.0 Å². The average molecular weight is 236 g/mol. The summed E-state index contributed by atoms with van der Waals surface area (Å²) in [4.78, 5) is 9.94. The summed E-state index contributed by atoms with van der Waals surface area (Å²) in [5.41, 5.74) is 6.78. The Morgan fingerprint density at radius 2 is 2.31 bits per heavy atom. The van der Waals surface area contributed by atoms with Gasteiger partial charge < -0.3 is 10.3 Å². The zero-order valence-electron chi connectivity index (χ0n) is 8.93. The summed E-state index contributed by atoms with van der Waals surface area (Å²) in [5, 5.41) is 4.46. The zero-order valence-corrected chi connectivity index (χ0v) is 9.75. The second kappa shape index (κ2) is 3.55. The lowest BCUT2D eigenvalue weighted by atomic mass is 9.91. The van der Waals surface area contributed by atoms with E-state index in [2.05, 4.69) is 15.1 Å². The molecule has 0 aliphatic heterocycles. The molecular formula is C10H12N4OS. The summed E-state index contributed by atoms with van der Waals surface area (Å²) >= 11 is 1.57. The molecule has 2 aromatic rings. The number of nitrogen functional groups attached to an aromatic ring is 1. The molecule has 84 valence electrons. The Hall–Kier alpha value is -1.43. The zero-order chi connectivity index (χ0) is 11.1. The monoisotopic (exact) mass is 236 g/mol. The molecule has 0 radical (unpaired) electrons. The number of fused-ring (bicyclic) bond motifs is 1. The van der Waals surface area contributed by atoms with Crippen LogP contribution in [0.2, 0.25) is 0 Å². The number of aryl methyl sites for hydroxylation is 2. The van der Waals surface area contributed by atoms with Gasteiger partial charge in [0.05, 0.1) is 11.6 Å². The number of hydrogen-bond donors (Lipinski definition) is 1. The Balaban J connectivity index is 2.04. The van der Waals surface area contributed by atoms with Gasteiger partial charge in [-0.2, -0.15) is 4.98 Å². The molecule has 2 aromatic heterocycles. The van der Waals surface area contributed by atoms with Gasteiger partial charge in [-0.15, -0.1) is 11.3 Å². The molecule has 16 heavy (non-hydrogen) atoms. The fraction of sp³-hybridized carbons (Fsp3) is 0.500. The van der Waals surface area contributed by atoms with Crippen LogP contribution < -0.4 is 5.73 Å². The summed E-state index contributed by atoms with van der Waals surface area (Å²) in [6.07, 6.45) is 3.20. The van der Waals surface area contributed by atoms with Crippen molar-refractivity contribution in [1.29, 1.82) is 0 Å². The summed E-state index contributed by atoms with van der Waals surface area (Å²) in [7, 11) is 0. The van der Waals surface area contributed by atoms with Crippen LogP contribution >= 0.6 is 11.3 Å². The van der Waals surface area contributed by atoms with Crippen molar-refractivity contribution in [2.24, 2.45) is 0 Å². The number of hydrogen-bond acceptors (Lipinski definition) is 6. The van der Waals surface area contributed by atoms with Crippen molar-refractivity contribution >= 4 is 16.5 Å². The van der Waals surface area contributed by atoms with Gasteiger partial charge in [0.2, 0.25) is 5.89 Å². The van der Waals surface area contributed by atoms with Gasteiger partial charge in [0.25, 0.3) is 0 Å². The molecule has 0 fully saturated rings. The quantitative estimate of drug-likeness (QED) is 0.818. The number of nitrogens with two attached hydrogens (primary N) is 1. The smallest absolute Gasteiger partial charge is 0.235 e. The predicted molar refractivity (Wildman–Crippen MR) is 60.3 cm³/mol. The van der Waals surface area contributed by atoms with Crippen LogP contribution in [-0.2, 0) is 6.42 Å². The van der Waals surface area contributed by atoms with Crippen LogP contribution in [-0.4, -0.2) is 15.1 Å². The van der Waals surface area contributed by atoms with Crippen molar-refractivity contribution in [3.05, 3.63) is 22.3 Å². The van der Waals surface area contributed by atoms with Crippen molar-refractivity contribution in [1.82, 2.24) is 15.1 Å². The van der Waals surface area contributed by atoms with E-state index in [4.69, 9.17) is 10.3 Å². The summed E-state index contributed by atoms with van der Waals surface area (Å²) in [6, 6.07) is 0. The maximum atomic E-state index is 5.74. The van der Waals surface area contributed by atoms with E-state index in [0.717, 1.165) is 25.0 Å². The predicted octanol–water partition coefficient (Wildman–Crippen LogP) is 1.88. The number of anilines is 1. The Bertz CT molecular complexity index is 519. The summed E-state index contributed by atoms with van der Waals surface area (Å²) in [5.74, 6) is 1.48. The summed E-state index contributed by atoms with van der Waals surface area (Å²) < 4.78 is 5.23. The molecule has 0 saturated heterocycles. The third kappa shape index (κ3) is 1.49. The highest BCUT2D eigenvalue weighted by Crippen LogP contribution is 2.38. The van der Waals surface area contributed by atoms with Gasteiger partial charge in [-0.3, -0.25) is 0 Å². The second-order valence-corrected chi connectivity index (χ2v) is 5.10. The molecule has 6 heteroatoms. The Morgan fingerprint density at radius 3 is 3.06 bits per heavy atom. The third-order valence-corrected chi connectivity index (χ3v) is 3.77. The molecule has 0 bridgehead atoms. The van der Waals surface area contributed by atoms with Crippen molar-refractivity contribution in [3.8, 4) is 0 Å². The first-order chi connectivity index (χ1) is 7.74. The molecule has 2 heterocycles. The minimum Gasteiger partial charge on any atom is -0.375 e. The van der Waals surface area contributed by atoms with Crippen LogP contribution in [0.5, 0.6) is 0 Å². The first-order valence-corrected chi connectivity index (χ1v) is 6.11. The van der Waals surface area contributed by atoms with Crippen molar-refractivity contribution in [3.63, 3.8) is 0 Å². The molecule has 0 spiro atoms. The van der Waals surface area contributed by atoms with Gasteiger partial charge >= 0.3 is 0 Å². The normalized spacial score (nSPS) is 19.7. The van der Waals surface area contributed by atoms with Crippen LogP contribution in [0.3, 0.4) is 0 Å². The molecule has 5 nitrogen and oxygen atoms in total. The highest BCUT2D eigenvalue weighted by Gasteiger charge is 2.29. The average Bonchev–Trinajstić information content (AvgIpc) is 2.82. The van der Waals surface area contributed by atoms with E-state index >= 15 is 0 Å². The summed E-state index contributed by atoms with van der Waals surface area (Å²) in [6.45, 7) is 1.83. The lowest BCUT2D eigenvalue weighted by Crippen LogP contribution is -2.10. The van der Waals surface area contributed by atoms with E-state index < -0.39 is 0 Å². The van der Waals surface area contributed by atoms with Gasteiger partial charge in [0.1, 0.15) is 0 Å². The molecule has 1 aliphatic carbocycles. The third-order valence-electron chi connectivity index (χ3n) is 2.81. The molecule has 1 atom stereocenters. The molecule has 1 unspecified atom stereocenters. The molecule has 0 amide bonds. The van der Waals surface area contributed by atoms with Crippen molar-refractivity contribution in [2.45, 2.75) is 32.1 Å². The van der Waals surface area contributed by atoms with Gasteiger partial charge in [-0.1, -0.05) is 5.16 Å². The fourth-order valence-corrected chi connectivity index (χ4v) is 3.07. The van der Waals surface area contributed by atoms with Gasteiger partial charge in [-0.25, -0.2) is 4.98 Å². The molecule has 0 aromatic carbocycles. The molecular weight excluding hydrogens is 224 g/mol. The Morgan fingerprint density at radius 1 is 1.44 bits per heavy atom. The largest absolute Gasteiger partial charge is 0.375 e. The molecule has 0 saturated carbocycles. The minimum absolute atomic E-state index is 0.137. The van der Waals surface area contributed by atoms with Crippen molar-refractivity contribution < 1.29 is 4.52 Å². The maximum absolute atomic E-state index is 5.74. The van der Waals surface area contributed by atoms with E-state index in [1.165, 1.54) is 4.88 Å². The SMILES string of the molecule is Cc1noc(C2CCCc3sc(N)nc32)n1. The minimum atomic E-state index is 0.137. The van der Waals surface area contributed by atoms with Crippen molar-refractivity contribution in [2.75, 3.05) is 5.73 Å². The van der Waals surface area contributed by atoms with E-state index in [1.54, 1.807) is 11.3 Å². The number of thiazole rings is 1. The highest BCUT2D eigenvalue weighted by molar-refractivity contribution is 7.15. The van der Waals surface area contributed by atoms with E-state index in [0.29, 0.717) is 16.8 Å². The van der Waals surface area contributed by atoms with Gasteiger partial charge in [-0.05, 0) is 26.2 Å². The van der Waals surface area contributed by atoms with Crippen LogP contribution in [0.1, 0.15) is 41.0 Å². The standard InChI is InChI=1S/C10H12N4OS/c1-5-12-9(15-14-5)6-3-2-4-7-8(6)13-10(11)16-7/h6H,2-4H2,1H3,(H2,11,13). The van der Waals surface area contributed by atoms with Crippen LogP contribution in [0.25, 0.3) is 0 Å². The van der Waals surface area contributed by atoms with E-state index in [-0.39, 0.29) is 5.92 Å². The van der Waals surface area contributed by atoms with Gasteiger partial charge in [0, 0.05) is 4.88 Å². The number of rotatable bonds is 1. The molecule has 2 N–H and O–H groups in total. The van der Waals surface area contributed by atoms with E-state index in [1.807, 2.05) is 6.92 Å². The van der Waals surface area contributed by atoms with Crippen LogP contribution in [0.4, 0.5) is 5.13 Å². The second-order valence-electron chi connectivity index (χ2n) is 3.99. The molecule has 3 rings (SSSR count). The molecule has 1 aliphatic rings. The lowest BCUT2D eigenvalue weighted by Gasteiger charge is -2.16. The lowest BCUT2D eigenvalue weighted by molar-refractivity contribution is 0.350. The van der Waals surface area contributed by atoms with Crippen LogP contribution in [0, 0.1) is 6.92 Å². The van der Waals surface area contributed by atoms with Crippen LogP contribution in [0.15, 0.2) is 4.52 Å². The topological polar surface area (TPSA) is 77.8 Å². The number of aromatic nitrogens is 3. The first kappa shape index (κ1) is 9.77. The number of nitrogens with zero attached hydrogens (tertiary/aromatic N) is 3. The Labute approximate surface area is 96.7 Å². The highest BCUT2D eigenvalue weighted by atomic mass is 32.1. The fourth-order valence-electron chi connectivity index (χ4n) is 2.13. The Kier molecular flexibility index (Phi) is 2.17. The maximum Gasteiger partial charge on any atom is 0.235 e. The first-order valence-electron chi connectivity index (χ1n) is 5.29. The van der Waals surface area contributed by atoms with E-state index in [9.17, 15) is 0 Å².